The van der Waals surface area contributed by atoms with Crippen molar-refractivity contribution in [2.24, 2.45) is 0 Å². The van der Waals surface area contributed by atoms with E-state index in [-0.39, 0.29) is 24.9 Å². The predicted octanol–water partition coefficient (Wildman–Crippen LogP) is 4.56. The first-order valence-corrected chi connectivity index (χ1v) is 10.6. The lowest BCUT2D eigenvalue weighted by Crippen LogP contribution is -2.27. The predicted molar refractivity (Wildman–Crippen MR) is 116 cm³/mol. The van der Waals surface area contributed by atoms with Crippen molar-refractivity contribution in [3.05, 3.63) is 77.3 Å². The molecule has 31 heavy (non-hydrogen) atoms. The second-order valence-corrected chi connectivity index (χ2v) is 7.84. The maximum absolute atomic E-state index is 12.4. The minimum absolute atomic E-state index is 0.0667. The maximum Gasteiger partial charge on any atom is 0.306 e. The van der Waals surface area contributed by atoms with E-state index in [0.717, 1.165) is 37.1 Å². The van der Waals surface area contributed by atoms with Crippen molar-refractivity contribution in [2.75, 3.05) is 13.1 Å². The normalized spacial score (nSPS) is 13.4. The van der Waals surface area contributed by atoms with Crippen LogP contribution in [0.15, 0.2) is 59.1 Å². The summed E-state index contributed by atoms with van der Waals surface area (Å²) < 4.78 is 11.1. The average molecular weight is 418 g/mol. The molecule has 160 valence electrons. The van der Waals surface area contributed by atoms with E-state index in [2.05, 4.69) is 4.98 Å². The van der Waals surface area contributed by atoms with Gasteiger partial charge in [-0.3, -0.25) is 9.59 Å². The SMILES string of the molecule is Cc1ccc(-c2cnc(CCC(=O)OCc3ccc(C(=O)N4CCCC4)cc3)o2)cc1. The van der Waals surface area contributed by atoms with Crippen LogP contribution in [-0.2, 0) is 22.6 Å². The van der Waals surface area contributed by atoms with E-state index in [1.807, 2.05) is 48.2 Å². The van der Waals surface area contributed by atoms with E-state index in [0.29, 0.717) is 23.6 Å². The van der Waals surface area contributed by atoms with Crippen LogP contribution in [0, 0.1) is 6.92 Å². The molecule has 1 fully saturated rings. The van der Waals surface area contributed by atoms with Crippen LogP contribution < -0.4 is 0 Å². The van der Waals surface area contributed by atoms with Gasteiger partial charge in [0.2, 0.25) is 0 Å². The maximum atomic E-state index is 12.4. The molecule has 1 amide bonds. The van der Waals surface area contributed by atoms with Crippen LogP contribution >= 0.6 is 0 Å². The Morgan fingerprint density at radius 2 is 1.74 bits per heavy atom. The molecule has 6 heteroatoms. The Morgan fingerprint density at radius 1 is 1.03 bits per heavy atom. The minimum Gasteiger partial charge on any atom is -0.461 e. The fraction of sp³-hybridized carbons (Fsp3) is 0.320. The molecule has 0 atom stereocenters. The minimum atomic E-state index is -0.313. The fourth-order valence-corrected chi connectivity index (χ4v) is 3.57. The van der Waals surface area contributed by atoms with Crippen LogP contribution in [0.3, 0.4) is 0 Å². The van der Waals surface area contributed by atoms with E-state index in [1.54, 1.807) is 18.3 Å². The number of benzene rings is 2. The Hall–Kier alpha value is -3.41. The molecular formula is C25H26N2O4. The molecule has 1 aliphatic heterocycles. The van der Waals surface area contributed by atoms with E-state index in [1.165, 1.54) is 5.56 Å². The molecule has 0 aliphatic carbocycles. The van der Waals surface area contributed by atoms with E-state index < -0.39 is 0 Å². The Kier molecular flexibility index (Phi) is 6.46. The van der Waals surface area contributed by atoms with Gasteiger partial charge in [0.1, 0.15) is 6.61 Å². The zero-order valence-corrected chi connectivity index (χ0v) is 17.7. The molecule has 0 bridgehead atoms. The molecule has 0 N–H and O–H groups in total. The van der Waals surface area contributed by atoms with Gasteiger partial charge >= 0.3 is 5.97 Å². The molecule has 0 unspecified atom stereocenters. The second kappa shape index (κ2) is 9.60. The quantitative estimate of drug-likeness (QED) is 0.526. The number of carbonyl (C=O) groups is 2. The van der Waals surface area contributed by atoms with E-state index >= 15 is 0 Å². The first kappa shape index (κ1) is 20.8. The van der Waals surface area contributed by atoms with Gasteiger partial charge in [0, 0.05) is 30.6 Å². The van der Waals surface area contributed by atoms with Gasteiger partial charge in [-0.25, -0.2) is 4.98 Å². The third kappa shape index (κ3) is 5.40. The van der Waals surface area contributed by atoms with Crippen LogP contribution in [0.1, 0.15) is 46.6 Å². The Labute approximate surface area is 181 Å². The van der Waals surface area contributed by atoms with Crippen molar-refractivity contribution in [3.8, 4) is 11.3 Å². The average Bonchev–Trinajstić information content (AvgIpc) is 3.49. The van der Waals surface area contributed by atoms with Gasteiger partial charge in [0.25, 0.3) is 5.91 Å². The molecule has 2 aromatic carbocycles. The van der Waals surface area contributed by atoms with Crippen LogP contribution in [0.4, 0.5) is 0 Å². The molecule has 1 aromatic heterocycles. The number of ether oxygens (including phenoxy) is 1. The summed E-state index contributed by atoms with van der Waals surface area (Å²) >= 11 is 0. The van der Waals surface area contributed by atoms with Gasteiger partial charge in [0.05, 0.1) is 12.6 Å². The summed E-state index contributed by atoms with van der Waals surface area (Å²) in [6.07, 6.45) is 4.39. The smallest absolute Gasteiger partial charge is 0.306 e. The number of esters is 1. The lowest BCUT2D eigenvalue weighted by molar-refractivity contribution is -0.145. The monoisotopic (exact) mass is 418 g/mol. The van der Waals surface area contributed by atoms with Gasteiger partial charge < -0.3 is 14.1 Å². The van der Waals surface area contributed by atoms with Gasteiger partial charge in [-0.1, -0.05) is 42.0 Å². The highest BCUT2D eigenvalue weighted by Crippen LogP contribution is 2.21. The topological polar surface area (TPSA) is 72.6 Å². The number of carbonyl (C=O) groups excluding carboxylic acids is 2. The van der Waals surface area contributed by atoms with Crippen molar-refractivity contribution >= 4 is 11.9 Å². The molecule has 6 nitrogen and oxygen atoms in total. The third-order valence-corrected chi connectivity index (χ3v) is 5.43. The number of hydrogen-bond acceptors (Lipinski definition) is 5. The van der Waals surface area contributed by atoms with E-state index in [9.17, 15) is 9.59 Å². The first-order chi connectivity index (χ1) is 15.1. The Morgan fingerprint density at radius 3 is 2.45 bits per heavy atom. The molecule has 1 aliphatic rings. The number of hydrogen-bond donors (Lipinski definition) is 0. The third-order valence-electron chi connectivity index (χ3n) is 5.43. The summed E-state index contributed by atoms with van der Waals surface area (Å²) in [5, 5.41) is 0. The largest absolute Gasteiger partial charge is 0.461 e. The number of rotatable bonds is 7. The van der Waals surface area contributed by atoms with Crippen molar-refractivity contribution in [2.45, 2.75) is 39.2 Å². The lowest BCUT2D eigenvalue weighted by Gasteiger charge is -2.15. The van der Waals surface area contributed by atoms with Crippen LogP contribution in [0.5, 0.6) is 0 Å². The van der Waals surface area contributed by atoms with Crippen molar-refractivity contribution in [1.29, 1.82) is 0 Å². The van der Waals surface area contributed by atoms with Crippen LogP contribution in [0.25, 0.3) is 11.3 Å². The van der Waals surface area contributed by atoms with Crippen molar-refractivity contribution in [3.63, 3.8) is 0 Å². The van der Waals surface area contributed by atoms with E-state index in [4.69, 9.17) is 9.15 Å². The number of amides is 1. The summed E-state index contributed by atoms with van der Waals surface area (Å²) in [4.78, 5) is 30.6. The Bertz CT molecular complexity index is 1030. The van der Waals surface area contributed by atoms with Crippen LogP contribution in [0.2, 0.25) is 0 Å². The molecule has 1 saturated heterocycles. The molecule has 3 aromatic rings. The Balaban J connectivity index is 1.23. The number of likely N-dealkylation sites (tertiary alicyclic amines) is 1. The second-order valence-electron chi connectivity index (χ2n) is 7.84. The highest BCUT2D eigenvalue weighted by molar-refractivity contribution is 5.94. The number of aryl methyl sites for hydroxylation is 2. The first-order valence-electron chi connectivity index (χ1n) is 10.6. The van der Waals surface area contributed by atoms with Gasteiger partial charge in [-0.15, -0.1) is 0 Å². The number of oxazole rings is 1. The van der Waals surface area contributed by atoms with Gasteiger partial charge in [-0.2, -0.15) is 0 Å². The van der Waals surface area contributed by atoms with Crippen molar-refractivity contribution in [1.82, 2.24) is 9.88 Å². The lowest BCUT2D eigenvalue weighted by atomic mass is 10.1. The van der Waals surface area contributed by atoms with Crippen molar-refractivity contribution < 1.29 is 18.7 Å². The highest BCUT2D eigenvalue weighted by Gasteiger charge is 2.19. The zero-order valence-electron chi connectivity index (χ0n) is 17.7. The summed E-state index contributed by atoms with van der Waals surface area (Å²) in [7, 11) is 0. The fourth-order valence-electron chi connectivity index (χ4n) is 3.57. The molecule has 0 saturated carbocycles. The summed E-state index contributed by atoms with van der Waals surface area (Å²) in [5.74, 6) is 0.952. The number of nitrogens with zero attached hydrogens (tertiary/aromatic N) is 2. The molecular weight excluding hydrogens is 392 g/mol. The molecule has 2 heterocycles. The summed E-state index contributed by atoms with van der Waals surface area (Å²) in [6, 6.07) is 15.3. The summed E-state index contributed by atoms with van der Waals surface area (Å²) in [5.41, 5.74) is 3.66. The number of aromatic nitrogens is 1. The standard InChI is InChI=1S/C25H26N2O4/c1-18-4-8-20(9-5-18)22-16-26-23(31-22)12-13-24(28)30-17-19-6-10-21(11-7-19)25(29)27-14-2-3-15-27/h4-11,16H,2-3,12-15,17H2,1H3. The molecule has 0 spiro atoms. The van der Waals surface area contributed by atoms with Crippen LogP contribution in [-0.4, -0.2) is 34.8 Å². The molecule has 4 rings (SSSR count). The summed E-state index contributed by atoms with van der Waals surface area (Å²) in [6.45, 7) is 3.87. The highest BCUT2D eigenvalue weighted by atomic mass is 16.5. The molecule has 0 radical (unpaired) electrons. The van der Waals surface area contributed by atoms with Gasteiger partial charge in [-0.05, 0) is 37.5 Å². The zero-order chi connectivity index (χ0) is 21.6. The van der Waals surface area contributed by atoms with Gasteiger partial charge in [0.15, 0.2) is 11.7 Å².